The highest BCUT2D eigenvalue weighted by molar-refractivity contribution is 5.67. The van der Waals surface area contributed by atoms with Crippen LogP contribution < -0.4 is 14.8 Å². The second-order valence-corrected chi connectivity index (χ2v) is 14.5. The number of rotatable bonds is 22. The molecule has 2 bridgehead atoms. The average molecular weight is 788 g/mol. The molecule has 3 atom stereocenters. The zero-order valence-electron chi connectivity index (χ0n) is 32.8. The van der Waals surface area contributed by atoms with Gasteiger partial charge in [-0.05, 0) is 73.6 Å². The zero-order valence-corrected chi connectivity index (χ0v) is 32.8. The highest BCUT2D eigenvalue weighted by atomic mass is 16.6. The lowest BCUT2D eigenvalue weighted by Gasteiger charge is -2.43. The van der Waals surface area contributed by atoms with Crippen LogP contribution in [0.4, 0.5) is 11.6 Å². The molecule has 1 N–H and O–H groups in total. The fourth-order valence-corrected chi connectivity index (χ4v) is 7.85. The zero-order chi connectivity index (χ0) is 39.2. The monoisotopic (exact) mass is 787 g/mol. The van der Waals surface area contributed by atoms with Gasteiger partial charge in [0.15, 0.2) is 0 Å². The quantitative estimate of drug-likeness (QED) is 0.113. The van der Waals surface area contributed by atoms with Crippen molar-refractivity contribution in [2.24, 2.45) is 0 Å². The first-order chi connectivity index (χ1) is 28.1. The van der Waals surface area contributed by atoms with E-state index in [1.165, 1.54) is 19.2 Å². The molecule has 3 fully saturated rings. The van der Waals surface area contributed by atoms with Crippen molar-refractivity contribution in [1.82, 2.24) is 44.9 Å². The van der Waals surface area contributed by atoms with Crippen molar-refractivity contribution in [1.29, 1.82) is 5.26 Å². The summed E-state index contributed by atoms with van der Waals surface area (Å²) in [4.78, 5) is 12.0. The molecule has 0 radical (unpaired) electrons. The summed E-state index contributed by atoms with van der Waals surface area (Å²) in [6.07, 6.45) is 13.6. The molecule has 18 nitrogen and oxygen atoms in total. The third-order valence-electron chi connectivity index (χ3n) is 10.6. The van der Waals surface area contributed by atoms with E-state index in [0.717, 1.165) is 50.0 Å². The van der Waals surface area contributed by atoms with Crippen LogP contribution in [0, 0.1) is 11.3 Å². The third kappa shape index (κ3) is 11.0. The standard InChI is InChI=1S/C39H53N11O7/c1-28(23-48-27-43-46-47-48)57-37-19-29(3-4-30(37)20-40)31-21-41-39(42-22-31)44-36-24-49(32-5-7-33(8-6-32)50-34-9-10-35(50)26-55-25-34)45-38(36)56-18-17-54-16-15-53-14-13-52-12-11-51-2/h3-4,19,21-22,24,27-28,32-35H,5-18,23,25-26H2,1-2H3,(H,41,42,44)/t28-,32?,33?,34-,35+/m0/s1. The van der Waals surface area contributed by atoms with Gasteiger partial charge >= 0.3 is 0 Å². The van der Waals surface area contributed by atoms with Gasteiger partial charge in [0.05, 0.1) is 83.8 Å². The van der Waals surface area contributed by atoms with E-state index in [9.17, 15) is 5.26 Å². The molecular formula is C39H53N11O7. The van der Waals surface area contributed by atoms with Gasteiger partial charge in [-0.25, -0.2) is 14.6 Å². The van der Waals surface area contributed by atoms with E-state index < -0.39 is 0 Å². The summed E-state index contributed by atoms with van der Waals surface area (Å²) < 4.78 is 43.5. The number of methoxy groups -OCH3 is 1. The first kappa shape index (κ1) is 40.4. The van der Waals surface area contributed by atoms with Gasteiger partial charge in [-0.3, -0.25) is 9.58 Å². The Hall–Kier alpha value is -4.77. The van der Waals surface area contributed by atoms with Crippen LogP contribution in [0.3, 0.4) is 0 Å². The van der Waals surface area contributed by atoms with Crippen LogP contribution >= 0.6 is 0 Å². The number of tetrazole rings is 1. The van der Waals surface area contributed by atoms with Gasteiger partial charge in [0.1, 0.15) is 36.5 Å². The molecule has 5 heterocycles. The molecule has 2 saturated heterocycles. The number of nitrogens with zero attached hydrogens (tertiary/aromatic N) is 10. The molecule has 3 aliphatic rings. The largest absolute Gasteiger partial charge is 0.487 e. The van der Waals surface area contributed by atoms with Crippen molar-refractivity contribution in [2.45, 2.75) is 82.3 Å². The summed E-state index contributed by atoms with van der Waals surface area (Å²) in [5.74, 6) is 1.32. The van der Waals surface area contributed by atoms with Crippen LogP contribution in [0.2, 0.25) is 0 Å². The minimum Gasteiger partial charge on any atom is -0.487 e. The second kappa shape index (κ2) is 20.6. The maximum absolute atomic E-state index is 9.73. The van der Waals surface area contributed by atoms with Crippen LogP contribution in [-0.2, 0) is 30.2 Å². The van der Waals surface area contributed by atoms with Gasteiger partial charge in [0.2, 0.25) is 5.95 Å². The Labute approximate surface area is 332 Å². The van der Waals surface area contributed by atoms with E-state index in [4.69, 9.17) is 38.3 Å². The molecule has 7 rings (SSSR count). The fourth-order valence-electron chi connectivity index (χ4n) is 7.85. The van der Waals surface area contributed by atoms with Crippen molar-refractivity contribution in [3.63, 3.8) is 0 Å². The number of ether oxygens (including phenoxy) is 7. The molecule has 0 amide bonds. The van der Waals surface area contributed by atoms with Gasteiger partial charge in [-0.15, -0.1) is 10.2 Å². The maximum Gasteiger partial charge on any atom is 0.257 e. The number of hydrogen-bond acceptors (Lipinski definition) is 16. The van der Waals surface area contributed by atoms with Crippen molar-refractivity contribution in [3.05, 3.63) is 48.7 Å². The number of hydrogen-bond donors (Lipinski definition) is 1. The minimum absolute atomic E-state index is 0.261. The summed E-state index contributed by atoms with van der Waals surface area (Å²) in [5, 5.41) is 29.2. The van der Waals surface area contributed by atoms with Gasteiger partial charge in [0, 0.05) is 43.2 Å². The maximum atomic E-state index is 9.73. The highest BCUT2D eigenvalue weighted by Gasteiger charge is 2.42. The molecule has 0 spiro atoms. The summed E-state index contributed by atoms with van der Waals surface area (Å²) in [5.41, 5.74) is 2.67. The smallest absolute Gasteiger partial charge is 0.257 e. The normalized spacial score (nSPS) is 21.3. The van der Waals surface area contributed by atoms with E-state index in [0.29, 0.717) is 106 Å². The lowest BCUT2D eigenvalue weighted by Crippen LogP contribution is -2.52. The van der Waals surface area contributed by atoms with Crippen LogP contribution in [0.15, 0.2) is 43.1 Å². The summed E-state index contributed by atoms with van der Waals surface area (Å²) in [6.45, 7) is 7.79. The molecule has 57 heavy (non-hydrogen) atoms. The van der Waals surface area contributed by atoms with Gasteiger partial charge in [0.25, 0.3) is 5.88 Å². The van der Waals surface area contributed by atoms with E-state index in [1.807, 2.05) is 29.9 Å². The van der Waals surface area contributed by atoms with E-state index in [1.54, 1.807) is 30.3 Å². The molecule has 1 aliphatic carbocycles. The van der Waals surface area contributed by atoms with E-state index >= 15 is 0 Å². The molecule has 4 aromatic rings. The van der Waals surface area contributed by atoms with Gasteiger partial charge in [-0.2, -0.15) is 5.26 Å². The minimum atomic E-state index is -0.284. The Balaban J connectivity index is 0.968. The Morgan fingerprint density at radius 3 is 2.19 bits per heavy atom. The molecule has 306 valence electrons. The Bertz CT molecular complexity index is 1830. The Morgan fingerprint density at radius 1 is 0.860 bits per heavy atom. The summed E-state index contributed by atoms with van der Waals surface area (Å²) >= 11 is 0. The number of nitriles is 1. The van der Waals surface area contributed by atoms with Crippen LogP contribution in [-0.4, -0.2) is 142 Å². The molecule has 18 heteroatoms. The van der Waals surface area contributed by atoms with Gasteiger partial charge in [-0.1, -0.05) is 6.07 Å². The van der Waals surface area contributed by atoms with Crippen molar-refractivity contribution in [3.8, 4) is 28.8 Å². The molecule has 1 saturated carbocycles. The fraction of sp³-hybridized carbons (Fsp3) is 0.615. The SMILES string of the molecule is COCCOCCOCCOCCOc1nn(C2CCC(N3[C@@H]4CC[C@H]3COC4)CC2)cc1Nc1ncc(-c2ccc(C#N)c(O[C@@H](C)Cn3cnnn3)c2)cn1. The number of fused-ring (bicyclic) bond motifs is 2. The topological polar surface area (TPSA) is 191 Å². The van der Waals surface area contributed by atoms with Crippen LogP contribution in [0.5, 0.6) is 11.6 Å². The summed E-state index contributed by atoms with van der Waals surface area (Å²) in [6, 6.07) is 9.60. The number of nitrogens with one attached hydrogen (secondary N) is 1. The highest BCUT2D eigenvalue weighted by Crippen LogP contribution is 2.39. The van der Waals surface area contributed by atoms with Gasteiger partial charge < -0.3 is 38.5 Å². The van der Waals surface area contributed by atoms with Crippen LogP contribution in [0.25, 0.3) is 11.1 Å². The molecule has 2 aliphatic heterocycles. The van der Waals surface area contributed by atoms with Crippen molar-refractivity contribution >= 4 is 11.6 Å². The van der Waals surface area contributed by atoms with E-state index in [2.05, 4.69) is 41.8 Å². The predicted octanol–water partition coefficient (Wildman–Crippen LogP) is 3.83. The van der Waals surface area contributed by atoms with E-state index in [-0.39, 0.29) is 12.1 Å². The average Bonchev–Trinajstić information content (AvgIpc) is 3.96. The number of benzene rings is 1. The number of aromatic nitrogens is 8. The third-order valence-corrected chi connectivity index (χ3v) is 10.6. The lowest BCUT2D eigenvalue weighted by atomic mass is 9.89. The number of anilines is 2. The second-order valence-electron chi connectivity index (χ2n) is 14.5. The molecular weight excluding hydrogens is 734 g/mol. The molecule has 0 unspecified atom stereocenters. The Morgan fingerprint density at radius 2 is 1.53 bits per heavy atom. The number of morpholine rings is 1. The predicted molar refractivity (Wildman–Crippen MR) is 206 cm³/mol. The van der Waals surface area contributed by atoms with Crippen molar-refractivity contribution in [2.75, 3.05) is 78.5 Å². The molecule has 3 aromatic heterocycles. The van der Waals surface area contributed by atoms with Crippen molar-refractivity contribution < 1.29 is 33.2 Å². The first-order valence-corrected chi connectivity index (χ1v) is 19.9. The first-order valence-electron chi connectivity index (χ1n) is 19.9. The van der Waals surface area contributed by atoms with Crippen LogP contribution in [0.1, 0.15) is 57.1 Å². The lowest BCUT2D eigenvalue weighted by molar-refractivity contribution is -0.0458. The Kier molecular flexibility index (Phi) is 14.6. The summed E-state index contributed by atoms with van der Waals surface area (Å²) in [7, 11) is 1.65. The molecule has 1 aromatic carbocycles.